The van der Waals surface area contributed by atoms with Gasteiger partial charge in [0.05, 0.1) is 70.4 Å². The molecule has 0 radical (unpaired) electrons. The Labute approximate surface area is 504 Å². The van der Waals surface area contributed by atoms with E-state index in [1.54, 1.807) is 39.8 Å². The number of nitrogens with one attached hydrogen (secondary N) is 1. The van der Waals surface area contributed by atoms with Crippen molar-refractivity contribution in [3.05, 3.63) is 98.0 Å². The number of amides is 1. The van der Waals surface area contributed by atoms with Gasteiger partial charge in [-0.05, 0) is 108 Å². The summed E-state index contributed by atoms with van der Waals surface area (Å²) in [6.45, 7) is 16.5. The molecule has 2 aliphatic carbocycles. The van der Waals surface area contributed by atoms with Crippen LogP contribution in [-0.4, -0.2) is 157 Å². The Hall–Kier alpha value is -7.53. The number of hydrogen-bond acceptors (Lipinski definition) is 18. The van der Waals surface area contributed by atoms with E-state index in [0.717, 1.165) is 43.9 Å². The zero-order valence-corrected chi connectivity index (χ0v) is 51.2. The highest BCUT2D eigenvalue weighted by atomic mass is 19.1. The number of phenolic OH excluding ortho intramolecular Hbond substituents is 3. The highest BCUT2D eigenvalue weighted by Gasteiger charge is 2.56. The van der Waals surface area contributed by atoms with Gasteiger partial charge in [-0.2, -0.15) is 5.10 Å². The Kier molecular flexibility index (Phi) is 17.2. The van der Waals surface area contributed by atoms with Crippen molar-refractivity contribution in [2.45, 2.75) is 155 Å². The third-order valence-electron chi connectivity index (χ3n) is 19.8. The van der Waals surface area contributed by atoms with Gasteiger partial charge in [0.15, 0.2) is 11.6 Å². The second-order valence-corrected chi connectivity index (χ2v) is 25.3. The number of aliphatic hydroxyl groups excluding tert-OH is 2. The number of aromatic carboxylic acids is 1. The smallest absolute Gasteiger partial charge is 0.341 e. The number of pyridine rings is 2. The number of aromatic nitrogens is 1. The number of carbonyl (C=O) groups excluding carboxylic acids is 3. The molecule has 468 valence electrons. The van der Waals surface area contributed by atoms with Gasteiger partial charge < -0.3 is 59.8 Å². The number of aryl methyl sites for hydroxylation is 1. The fourth-order valence-corrected chi connectivity index (χ4v) is 14.2. The van der Waals surface area contributed by atoms with E-state index in [0.29, 0.717) is 55.8 Å². The van der Waals surface area contributed by atoms with Gasteiger partial charge in [-0.15, -0.1) is 0 Å². The minimum atomic E-state index is -2.11. The SMILES string of the molecule is CO[C@H]1C=CO[C@@]2(C)Oc3c(C)c(O)c4c(O)c(c(/C=N/N5CCC(N(C)C6([C@@H]7CCN(c8c(F)cn9c(=O)c(C(=O)O)cc(C%10CC%10)c9c8C)C7)CC6)CC5)c(O)c4c3C2=O)NC(=O)/C(C)=C\C=C/[C@H](C)[C@H](O)[C@@H](C)[C@@H](O)[C@@H](C)[C@H](OC(C)=O)[C@@H]1C. The minimum Gasteiger partial charge on any atom is -0.507 e. The maximum atomic E-state index is 16.3. The maximum absolute atomic E-state index is 16.3. The lowest BCUT2D eigenvalue weighted by molar-refractivity contribution is -0.160. The van der Waals surface area contributed by atoms with Gasteiger partial charge in [-0.1, -0.05) is 45.9 Å². The molecule has 2 saturated heterocycles. The molecule has 11 rings (SSSR count). The lowest BCUT2D eigenvalue weighted by atomic mass is 9.78. The maximum Gasteiger partial charge on any atom is 0.341 e. The van der Waals surface area contributed by atoms with Crippen LogP contribution in [0.4, 0.5) is 15.8 Å². The molecular formula is C65H81FN6O15. The summed E-state index contributed by atoms with van der Waals surface area (Å²) >= 11 is 0. The number of halogens is 1. The molecule has 4 aromatic rings. The van der Waals surface area contributed by atoms with E-state index >= 15 is 4.39 Å². The van der Waals surface area contributed by atoms with Crippen molar-refractivity contribution in [3.63, 3.8) is 0 Å². The number of hydrazone groups is 1. The van der Waals surface area contributed by atoms with Crippen LogP contribution in [0.15, 0.2) is 58.3 Å². The molecule has 0 spiro atoms. The summed E-state index contributed by atoms with van der Waals surface area (Å²) in [4.78, 5) is 71.4. The number of aromatic hydroxyl groups is 3. The number of rotatable bonds is 10. The first-order chi connectivity index (χ1) is 41.2. The summed E-state index contributed by atoms with van der Waals surface area (Å²) in [5, 5.41) is 78.5. The van der Waals surface area contributed by atoms with Gasteiger partial charge in [0.25, 0.3) is 17.2 Å². The first-order valence-electron chi connectivity index (χ1n) is 30.1. The van der Waals surface area contributed by atoms with Gasteiger partial charge in [0, 0.05) is 98.9 Å². The zero-order valence-electron chi connectivity index (χ0n) is 51.2. The first-order valence-corrected chi connectivity index (χ1v) is 30.1. The van der Waals surface area contributed by atoms with Crippen molar-refractivity contribution < 1.29 is 73.2 Å². The first kappa shape index (κ1) is 62.5. The Morgan fingerprint density at radius 1 is 0.897 bits per heavy atom. The minimum absolute atomic E-state index is 0.0215. The standard InChI is InChI=1S/C65H81FN6O15/c1-31-13-12-14-32(2)61(80)68-50-44(56(77)47-48(57(50)78)55(76)37(7)59-49(47)60(79)64(9,87-59)85-26-20-46(84-11)33(3)58(86-38(8)73)36(6)54(75)35(5)53(31)74)28-67-71-24-18-41(19-25-71)69(10)65(21-22-65)40-17-23-70(29-40)52-34(4)51-42(39-15-16-39)27-43(63(82)83)62(81)72(51)30-45(52)66/h12-14,20,26-28,30-31,33,35-36,39-41,46,53-54,58,74-78H,15-19,21-25,29H2,1-11H3,(H,68,80)(H,82,83)/b13-12-,26-20?,32-14-,67-28+/t31-,33+,35+,36+,40+,46-,53-,54+,58+,64-/m0/s1. The molecule has 22 heteroatoms. The summed E-state index contributed by atoms with van der Waals surface area (Å²) in [7, 11) is 3.58. The predicted octanol–water partition coefficient (Wildman–Crippen LogP) is 8.18. The number of carboxylic acids is 1. The van der Waals surface area contributed by atoms with Crippen LogP contribution in [0.25, 0.3) is 16.3 Å². The van der Waals surface area contributed by atoms with Crippen LogP contribution in [0.3, 0.4) is 0 Å². The predicted molar refractivity (Wildman–Crippen MR) is 323 cm³/mol. The van der Waals surface area contributed by atoms with Crippen LogP contribution < -0.4 is 20.5 Å². The van der Waals surface area contributed by atoms with E-state index in [4.69, 9.17) is 24.0 Å². The average Bonchev–Trinajstić information content (AvgIpc) is 1.69. The number of fused-ring (bicyclic) bond motifs is 15. The van der Waals surface area contributed by atoms with E-state index < -0.39 is 106 Å². The van der Waals surface area contributed by atoms with Gasteiger partial charge >= 0.3 is 17.7 Å². The Bertz CT molecular complexity index is 3640. The molecule has 2 aromatic carbocycles. The molecule has 21 nitrogen and oxygen atoms in total. The molecule has 2 aromatic heterocycles. The lowest BCUT2D eigenvalue weighted by Crippen LogP contribution is -2.50. The van der Waals surface area contributed by atoms with E-state index in [1.165, 1.54) is 69.9 Å². The molecule has 7 aliphatic rings. The highest BCUT2D eigenvalue weighted by molar-refractivity contribution is 6.24. The molecule has 7 heterocycles. The van der Waals surface area contributed by atoms with Crippen LogP contribution in [0.5, 0.6) is 23.0 Å². The number of methoxy groups -OCH3 is 1. The molecule has 1 amide bonds. The number of Topliss-reactive ketones (excluding diaryl/α,β-unsaturated/α-hetero) is 1. The zero-order chi connectivity index (χ0) is 63.0. The number of carboxylic acid groups (broad SMARTS) is 1. The van der Waals surface area contributed by atoms with Crippen LogP contribution >= 0.6 is 0 Å². The van der Waals surface area contributed by atoms with E-state index in [2.05, 4.69) is 22.2 Å². The van der Waals surface area contributed by atoms with Crippen molar-refractivity contribution in [2.75, 3.05) is 50.6 Å². The fourth-order valence-electron chi connectivity index (χ4n) is 14.2. The summed E-state index contributed by atoms with van der Waals surface area (Å²) in [6, 6.07) is 1.62. The second kappa shape index (κ2) is 23.9. The van der Waals surface area contributed by atoms with Crippen LogP contribution in [0.1, 0.15) is 142 Å². The molecule has 5 aliphatic heterocycles. The number of piperidine rings is 1. The van der Waals surface area contributed by atoms with Gasteiger partial charge in [0.2, 0.25) is 0 Å². The number of phenols is 3. The van der Waals surface area contributed by atoms with Crippen molar-refractivity contribution in [2.24, 2.45) is 34.7 Å². The number of hydrogen-bond donors (Lipinski definition) is 7. The molecule has 7 N–H and O–H groups in total. The largest absolute Gasteiger partial charge is 0.507 e. The number of anilines is 2. The molecule has 2 saturated carbocycles. The summed E-state index contributed by atoms with van der Waals surface area (Å²) < 4.78 is 41.4. The number of benzene rings is 2. The molecular weight excluding hydrogens is 1120 g/mol. The topological polar surface area (TPSA) is 282 Å². The molecule has 87 heavy (non-hydrogen) atoms. The number of nitrogens with zero attached hydrogens (tertiary/aromatic N) is 5. The lowest BCUT2D eigenvalue weighted by Gasteiger charge is -2.42. The number of aliphatic hydroxyl groups is 2. The monoisotopic (exact) mass is 1200 g/mol. The number of allylic oxidation sites excluding steroid dienone is 2. The summed E-state index contributed by atoms with van der Waals surface area (Å²) in [5.74, 6) is -10.4. The van der Waals surface area contributed by atoms with Gasteiger partial charge in [-0.3, -0.25) is 33.5 Å². The van der Waals surface area contributed by atoms with Crippen molar-refractivity contribution in [1.29, 1.82) is 0 Å². The number of esters is 1. The summed E-state index contributed by atoms with van der Waals surface area (Å²) in [6.07, 6.45) is 11.7. The third-order valence-corrected chi connectivity index (χ3v) is 19.8. The van der Waals surface area contributed by atoms with E-state index in [1.807, 2.05) is 11.9 Å². The number of carbonyl (C=O) groups is 4. The van der Waals surface area contributed by atoms with Crippen molar-refractivity contribution in [3.8, 4) is 23.0 Å². The van der Waals surface area contributed by atoms with E-state index in [-0.39, 0.29) is 73.5 Å². The van der Waals surface area contributed by atoms with Crippen LogP contribution in [0.2, 0.25) is 0 Å². The van der Waals surface area contributed by atoms with E-state index in [9.17, 15) is 54.6 Å². The number of ether oxygens (including phenoxy) is 4. The molecule has 0 unspecified atom stereocenters. The van der Waals surface area contributed by atoms with Gasteiger partial charge in [0.1, 0.15) is 28.9 Å². The Morgan fingerprint density at radius 3 is 2.22 bits per heavy atom. The molecule has 4 fully saturated rings. The van der Waals surface area contributed by atoms with Crippen molar-refractivity contribution >= 4 is 57.5 Å². The quantitative estimate of drug-likeness (QED) is 0.0341. The Morgan fingerprint density at radius 2 is 1.59 bits per heavy atom. The molecule has 10 atom stereocenters. The molecule has 5 bridgehead atoms. The third kappa shape index (κ3) is 11.2. The van der Waals surface area contributed by atoms with Gasteiger partial charge in [-0.25, -0.2) is 9.18 Å². The normalized spacial score (nSPS) is 29.2. The summed E-state index contributed by atoms with van der Waals surface area (Å²) in [5.41, 5.74) is 0.593. The van der Waals surface area contributed by atoms with Crippen LogP contribution in [-0.2, 0) is 23.8 Å². The highest BCUT2D eigenvalue weighted by Crippen LogP contribution is 2.56. The van der Waals surface area contributed by atoms with Crippen molar-refractivity contribution in [1.82, 2.24) is 14.3 Å². The Balaban J connectivity index is 0.932. The fraction of sp³-hybridized carbons (Fsp3) is 0.538. The second-order valence-electron chi connectivity index (χ2n) is 25.3. The van der Waals surface area contributed by atoms with Crippen LogP contribution in [0, 0.1) is 49.3 Å². The number of ketones is 1. The average molecular weight is 1210 g/mol.